The number of carbonyl (C=O) groups excluding carboxylic acids is 1. The predicted octanol–water partition coefficient (Wildman–Crippen LogP) is 5.79. The molecule has 0 saturated heterocycles. The molecule has 1 fully saturated rings. The predicted molar refractivity (Wildman–Crippen MR) is 122 cm³/mol. The van der Waals surface area contributed by atoms with Crippen molar-refractivity contribution in [2.75, 3.05) is 13.2 Å². The number of hydrogen-bond acceptors (Lipinski definition) is 4. The van der Waals surface area contributed by atoms with E-state index in [0.29, 0.717) is 18.4 Å². The van der Waals surface area contributed by atoms with Crippen molar-refractivity contribution in [1.29, 1.82) is 0 Å². The summed E-state index contributed by atoms with van der Waals surface area (Å²) in [5, 5.41) is 4.79. The topological polar surface area (TPSA) is 53.4 Å². The lowest BCUT2D eigenvalue weighted by Crippen LogP contribution is -2.28. The van der Waals surface area contributed by atoms with Crippen LogP contribution in [-0.2, 0) is 20.8 Å². The number of halogens is 1. The molecule has 3 rings (SSSR count). The Morgan fingerprint density at radius 1 is 1.13 bits per heavy atom. The van der Waals surface area contributed by atoms with E-state index >= 15 is 0 Å². The molecule has 0 radical (unpaired) electrons. The van der Waals surface area contributed by atoms with Crippen LogP contribution in [0.2, 0.25) is 0 Å². The standard InChI is InChI=1S/C24H33BrN2O3/c1-17-22(25)23(20-8-6-5-7-9-20)27(26-17)14-18-10-12-19(13-11-18)15-29-16-21(28)30-24(2,3)4/h5-9,18-19H,10-16H2,1-4H3/t18-,19-. The zero-order valence-electron chi connectivity index (χ0n) is 18.5. The summed E-state index contributed by atoms with van der Waals surface area (Å²) in [6, 6.07) is 10.4. The highest BCUT2D eigenvalue weighted by Crippen LogP contribution is 2.34. The third kappa shape index (κ3) is 6.42. The molecule has 0 unspecified atom stereocenters. The van der Waals surface area contributed by atoms with Crippen LogP contribution in [0.1, 0.15) is 52.1 Å². The third-order valence-corrected chi connectivity index (χ3v) is 6.44. The Hall–Kier alpha value is -1.66. The van der Waals surface area contributed by atoms with Gasteiger partial charge >= 0.3 is 5.97 Å². The van der Waals surface area contributed by atoms with E-state index in [4.69, 9.17) is 14.6 Å². The van der Waals surface area contributed by atoms with E-state index in [0.717, 1.165) is 48.1 Å². The van der Waals surface area contributed by atoms with Crippen LogP contribution in [0.5, 0.6) is 0 Å². The van der Waals surface area contributed by atoms with Crippen molar-refractivity contribution in [2.45, 2.75) is 65.5 Å². The molecule has 1 aliphatic rings. The summed E-state index contributed by atoms with van der Waals surface area (Å²) in [6.07, 6.45) is 4.57. The Balaban J connectivity index is 1.49. The number of esters is 1. The normalized spacial score (nSPS) is 19.6. The van der Waals surface area contributed by atoms with Gasteiger partial charge in [0.05, 0.1) is 22.5 Å². The number of rotatable bonds is 7. The van der Waals surface area contributed by atoms with Crippen molar-refractivity contribution in [3.05, 3.63) is 40.5 Å². The molecule has 2 aromatic rings. The maximum Gasteiger partial charge on any atom is 0.332 e. The lowest BCUT2D eigenvalue weighted by Gasteiger charge is -2.28. The third-order valence-electron chi connectivity index (χ3n) is 5.49. The summed E-state index contributed by atoms with van der Waals surface area (Å²) < 4.78 is 14.2. The van der Waals surface area contributed by atoms with Crippen LogP contribution >= 0.6 is 15.9 Å². The van der Waals surface area contributed by atoms with E-state index in [-0.39, 0.29) is 12.6 Å². The zero-order valence-corrected chi connectivity index (χ0v) is 20.1. The average molecular weight is 477 g/mol. The molecule has 1 aliphatic carbocycles. The van der Waals surface area contributed by atoms with Gasteiger partial charge in [0.15, 0.2) is 0 Å². The summed E-state index contributed by atoms with van der Waals surface area (Å²) in [4.78, 5) is 11.8. The van der Waals surface area contributed by atoms with Crippen LogP contribution in [0.3, 0.4) is 0 Å². The fourth-order valence-electron chi connectivity index (χ4n) is 4.07. The Morgan fingerprint density at radius 2 is 1.77 bits per heavy atom. The quantitative estimate of drug-likeness (QED) is 0.474. The van der Waals surface area contributed by atoms with Gasteiger partial charge in [0.25, 0.3) is 0 Å². The maximum absolute atomic E-state index is 11.8. The molecule has 6 heteroatoms. The summed E-state index contributed by atoms with van der Waals surface area (Å²) in [5.74, 6) is 0.841. The SMILES string of the molecule is Cc1nn(C[C@H]2CC[C@H](COCC(=O)OC(C)(C)C)CC2)c(-c2ccccc2)c1Br. The summed E-state index contributed by atoms with van der Waals surface area (Å²) >= 11 is 3.73. The molecule has 0 bridgehead atoms. The number of aryl methyl sites for hydroxylation is 1. The molecule has 0 atom stereocenters. The second kappa shape index (κ2) is 10.1. The Kier molecular flexibility index (Phi) is 7.75. The van der Waals surface area contributed by atoms with Crippen LogP contribution < -0.4 is 0 Å². The first kappa shape index (κ1) is 23.0. The first-order chi connectivity index (χ1) is 14.2. The van der Waals surface area contributed by atoms with E-state index in [9.17, 15) is 4.79 Å². The summed E-state index contributed by atoms with van der Waals surface area (Å²) in [5.41, 5.74) is 2.92. The summed E-state index contributed by atoms with van der Waals surface area (Å²) in [6.45, 7) is 9.26. The van der Waals surface area contributed by atoms with Gasteiger partial charge in [0.1, 0.15) is 12.2 Å². The minimum Gasteiger partial charge on any atom is -0.458 e. The highest BCUT2D eigenvalue weighted by Gasteiger charge is 2.25. The van der Waals surface area contributed by atoms with E-state index in [1.54, 1.807) is 0 Å². The lowest BCUT2D eigenvalue weighted by molar-refractivity contribution is -0.160. The largest absolute Gasteiger partial charge is 0.458 e. The molecule has 5 nitrogen and oxygen atoms in total. The molecular formula is C24H33BrN2O3. The van der Waals surface area contributed by atoms with Crippen LogP contribution in [-0.4, -0.2) is 34.6 Å². The summed E-state index contributed by atoms with van der Waals surface area (Å²) in [7, 11) is 0. The number of hydrogen-bond donors (Lipinski definition) is 0. The van der Waals surface area contributed by atoms with Crippen LogP contribution in [0.15, 0.2) is 34.8 Å². The molecule has 164 valence electrons. The monoisotopic (exact) mass is 476 g/mol. The smallest absolute Gasteiger partial charge is 0.332 e. The van der Waals surface area contributed by atoms with Gasteiger partial charge in [-0.15, -0.1) is 0 Å². The first-order valence-electron chi connectivity index (χ1n) is 10.8. The van der Waals surface area contributed by atoms with Crippen LogP contribution in [0.25, 0.3) is 11.3 Å². The van der Waals surface area contributed by atoms with Gasteiger partial charge in [0, 0.05) is 12.1 Å². The second-order valence-electron chi connectivity index (χ2n) is 9.28. The average Bonchev–Trinajstić information content (AvgIpc) is 2.96. The Labute approximate surface area is 188 Å². The molecule has 0 amide bonds. The van der Waals surface area contributed by atoms with E-state index in [1.807, 2.05) is 33.8 Å². The fourth-order valence-corrected chi connectivity index (χ4v) is 4.58. The maximum atomic E-state index is 11.8. The number of benzene rings is 1. The lowest BCUT2D eigenvalue weighted by atomic mass is 9.82. The molecule has 0 N–H and O–H groups in total. The van der Waals surface area contributed by atoms with Crippen LogP contribution in [0, 0.1) is 18.8 Å². The molecule has 1 saturated carbocycles. The number of aromatic nitrogens is 2. The van der Waals surface area contributed by atoms with E-state index < -0.39 is 5.60 Å². The Bertz CT molecular complexity index is 834. The highest BCUT2D eigenvalue weighted by molar-refractivity contribution is 9.10. The molecule has 0 spiro atoms. The van der Waals surface area contributed by atoms with E-state index in [1.165, 1.54) is 5.56 Å². The first-order valence-corrected chi connectivity index (χ1v) is 11.6. The highest BCUT2D eigenvalue weighted by atomic mass is 79.9. The van der Waals surface area contributed by atoms with Crippen molar-refractivity contribution < 1.29 is 14.3 Å². The molecule has 1 aromatic heterocycles. The van der Waals surface area contributed by atoms with Gasteiger partial charge in [-0.2, -0.15) is 5.10 Å². The second-order valence-corrected chi connectivity index (χ2v) is 10.1. The molecule has 1 aromatic carbocycles. The van der Waals surface area contributed by atoms with Crippen molar-refractivity contribution in [3.8, 4) is 11.3 Å². The Morgan fingerprint density at radius 3 is 2.40 bits per heavy atom. The van der Waals surface area contributed by atoms with Crippen molar-refractivity contribution >= 4 is 21.9 Å². The van der Waals surface area contributed by atoms with Crippen molar-refractivity contribution in [2.24, 2.45) is 11.8 Å². The minimum atomic E-state index is -0.461. The van der Waals surface area contributed by atoms with Gasteiger partial charge in [0.2, 0.25) is 0 Å². The molecule has 0 aliphatic heterocycles. The number of nitrogens with zero attached hydrogens (tertiary/aromatic N) is 2. The molecular weight excluding hydrogens is 444 g/mol. The van der Waals surface area contributed by atoms with Crippen molar-refractivity contribution in [1.82, 2.24) is 9.78 Å². The molecule has 1 heterocycles. The van der Waals surface area contributed by atoms with Gasteiger partial charge in [-0.25, -0.2) is 4.79 Å². The number of carbonyl (C=O) groups is 1. The van der Waals surface area contributed by atoms with Gasteiger partial charge < -0.3 is 9.47 Å². The van der Waals surface area contributed by atoms with Gasteiger partial charge in [-0.3, -0.25) is 4.68 Å². The number of ether oxygens (including phenoxy) is 2. The van der Waals surface area contributed by atoms with E-state index in [2.05, 4.69) is 44.9 Å². The minimum absolute atomic E-state index is 0.0399. The molecule has 30 heavy (non-hydrogen) atoms. The van der Waals surface area contributed by atoms with Crippen LogP contribution in [0.4, 0.5) is 0 Å². The van der Waals surface area contributed by atoms with Gasteiger partial charge in [-0.1, -0.05) is 30.3 Å². The zero-order chi connectivity index (χ0) is 21.7. The fraction of sp³-hybridized carbons (Fsp3) is 0.583. The van der Waals surface area contributed by atoms with Gasteiger partial charge in [-0.05, 0) is 81.1 Å². The van der Waals surface area contributed by atoms with Crippen molar-refractivity contribution in [3.63, 3.8) is 0 Å².